The molecule has 2 aromatic carbocycles. The molecule has 1 amide bonds. The number of ether oxygens (including phenoxy) is 1. The lowest BCUT2D eigenvalue weighted by atomic mass is 10.1. The molecule has 0 N–H and O–H groups in total. The molecule has 0 saturated heterocycles. The molecule has 7 heteroatoms. The minimum atomic E-state index is -0.314. The van der Waals surface area contributed by atoms with Crippen molar-refractivity contribution >= 4 is 17.6 Å². The lowest BCUT2D eigenvalue weighted by Gasteiger charge is -2.18. The molecule has 0 aliphatic heterocycles. The Morgan fingerprint density at radius 1 is 1.19 bits per heavy atom. The second-order valence-corrected chi connectivity index (χ2v) is 6.43. The van der Waals surface area contributed by atoms with Crippen LogP contribution in [0, 0.1) is 12.7 Å². The second-order valence-electron chi connectivity index (χ2n) is 5.90. The highest BCUT2D eigenvalue weighted by Gasteiger charge is 2.13. The number of aromatic nitrogens is 2. The van der Waals surface area contributed by atoms with Gasteiger partial charge in [-0.15, -0.1) is 0 Å². The van der Waals surface area contributed by atoms with E-state index in [0.717, 1.165) is 28.7 Å². The monoisotopic (exact) mass is 371 g/mol. The van der Waals surface area contributed by atoms with E-state index in [0.29, 0.717) is 24.5 Å². The summed E-state index contributed by atoms with van der Waals surface area (Å²) in [5.41, 5.74) is 2.88. The maximum Gasteiger partial charge on any atom is 0.254 e. The first-order valence-electron chi connectivity index (χ1n) is 8.04. The molecule has 0 saturated carbocycles. The van der Waals surface area contributed by atoms with Crippen molar-refractivity contribution in [2.45, 2.75) is 20.1 Å². The number of rotatable bonds is 6. The van der Waals surface area contributed by atoms with Crippen LogP contribution in [0.4, 0.5) is 4.39 Å². The number of hydrogen-bond acceptors (Lipinski definition) is 5. The van der Waals surface area contributed by atoms with Gasteiger partial charge in [-0.1, -0.05) is 18.2 Å². The van der Waals surface area contributed by atoms with Gasteiger partial charge in [0.25, 0.3) is 5.91 Å². The Balaban J connectivity index is 1.66. The van der Waals surface area contributed by atoms with Gasteiger partial charge in [0.1, 0.15) is 23.9 Å². The predicted molar refractivity (Wildman–Crippen MR) is 97.6 cm³/mol. The highest BCUT2D eigenvalue weighted by Crippen LogP contribution is 2.18. The highest BCUT2D eigenvalue weighted by molar-refractivity contribution is 6.99. The molecule has 0 aliphatic rings. The lowest BCUT2D eigenvalue weighted by molar-refractivity contribution is 0.0784. The Morgan fingerprint density at radius 2 is 2.00 bits per heavy atom. The fourth-order valence-corrected chi connectivity index (χ4v) is 3.00. The average Bonchev–Trinajstić information content (AvgIpc) is 3.04. The van der Waals surface area contributed by atoms with Crippen molar-refractivity contribution in [2.75, 3.05) is 7.05 Å². The van der Waals surface area contributed by atoms with Crippen molar-refractivity contribution in [3.63, 3.8) is 0 Å². The highest BCUT2D eigenvalue weighted by atomic mass is 32.1. The number of amides is 1. The molecule has 1 aromatic heterocycles. The van der Waals surface area contributed by atoms with Crippen LogP contribution in [0.3, 0.4) is 0 Å². The quantitative estimate of drug-likeness (QED) is 0.661. The van der Waals surface area contributed by atoms with E-state index in [1.54, 1.807) is 48.3 Å². The summed E-state index contributed by atoms with van der Waals surface area (Å²) in [4.78, 5) is 14.2. The predicted octanol–water partition coefficient (Wildman–Crippen LogP) is 3.84. The number of benzene rings is 2. The first kappa shape index (κ1) is 18.0. The fraction of sp³-hybridized carbons (Fsp3) is 0.211. The molecule has 3 rings (SSSR count). The van der Waals surface area contributed by atoms with Crippen LogP contribution < -0.4 is 4.74 Å². The van der Waals surface area contributed by atoms with Crippen LogP contribution in [0.1, 0.15) is 27.3 Å². The molecule has 0 fully saturated rings. The summed E-state index contributed by atoms with van der Waals surface area (Å²) in [6.07, 6.45) is 0. The zero-order valence-electron chi connectivity index (χ0n) is 14.5. The van der Waals surface area contributed by atoms with Gasteiger partial charge in [0.05, 0.1) is 17.4 Å². The molecule has 0 atom stereocenters. The van der Waals surface area contributed by atoms with Gasteiger partial charge in [0.2, 0.25) is 0 Å². The van der Waals surface area contributed by atoms with Crippen LogP contribution in [0.5, 0.6) is 5.75 Å². The molecule has 0 aliphatic carbocycles. The van der Waals surface area contributed by atoms with Crippen molar-refractivity contribution in [1.82, 2.24) is 13.6 Å². The van der Waals surface area contributed by atoms with Gasteiger partial charge >= 0.3 is 0 Å². The van der Waals surface area contributed by atoms with Gasteiger partial charge in [-0.05, 0) is 42.8 Å². The van der Waals surface area contributed by atoms with Gasteiger partial charge in [0, 0.05) is 19.2 Å². The Hall–Kier alpha value is -2.80. The van der Waals surface area contributed by atoms with E-state index >= 15 is 0 Å². The smallest absolute Gasteiger partial charge is 0.254 e. The third-order valence-corrected chi connectivity index (χ3v) is 4.52. The molecule has 1 heterocycles. The maximum absolute atomic E-state index is 13.3. The van der Waals surface area contributed by atoms with Crippen LogP contribution in [0.2, 0.25) is 0 Å². The Morgan fingerprint density at radius 3 is 2.73 bits per heavy atom. The lowest BCUT2D eigenvalue weighted by Crippen LogP contribution is -2.26. The summed E-state index contributed by atoms with van der Waals surface area (Å²) in [6.45, 7) is 2.51. The minimum Gasteiger partial charge on any atom is -0.487 e. The van der Waals surface area contributed by atoms with E-state index in [2.05, 4.69) is 8.75 Å². The fourth-order valence-electron chi connectivity index (χ4n) is 2.45. The van der Waals surface area contributed by atoms with E-state index in [1.165, 1.54) is 12.1 Å². The summed E-state index contributed by atoms with van der Waals surface area (Å²) in [7, 11) is 1.69. The van der Waals surface area contributed by atoms with Crippen LogP contribution in [0.15, 0.2) is 48.5 Å². The topological polar surface area (TPSA) is 55.3 Å². The number of aryl methyl sites for hydroxylation is 1. The van der Waals surface area contributed by atoms with Gasteiger partial charge in [0.15, 0.2) is 0 Å². The van der Waals surface area contributed by atoms with Gasteiger partial charge < -0.3 is 9.64 Å². The summed E-state index contributed by atoms with van der Waals surface area (Å²) in [6, 6.07) is 13.2. The van der Waals surface area contributed by atoms with Gasteiger partial charge in [-0.3, -0.25) is 4.79 Å². The normalized spacial score (nSPS) is 10.6. The van der Waals surface area contributed by atoms with Crippen LogP contribution in [0.25, 0.3) is 0 Å². The van der Waals surface area contributed by atoms with E-state index in [1.807, 2.05) is 6.92 Å². The maximum atomic E-state index is 13.3. The summed E-state index contributed by atoms with van der Waals surface area (Å²) >= 11 is 1.15. The van der Waals surface area contributed by atoms with Crippen molar-refractivity contribution < 1.29 is 13.9 Å². The van der Waals surface area contributed by atoms with E-state index in [9.17, 15) is 9.18 Å². The molecular weight excluding hydrogens is 353 g/mol. The van der Waals surface area contributed by atoms with Crippen LogP contribution in [-0.2, 0) is 13.2 Å². The van der Waals surface area contributed by atoms with Crippen LogP contribution in [-0.4, -0.2) is 26.6 Å². The number of hydrogen-bond donors (Lipinski definition) is 0. The van der Waals surface area contributed by atoms with Crippen LogP contribution >= 0.6 is 11.7 Å². The standard InChI is InChI=1S/C19H18FN3O2S/c1-13-18(22-26-21-13)12-25-17-8-4-6-15(10-17)19(24)23(2)11-14-5-3-7-16(20)9-14/h3-10H,11-12H2,1-2H3. The summed E-state index contributed by atoms with van der Waals surface area (Å²) < 4.78 is 27.3. The Labute approximate surface area is 155 Å². The molecule has 26 heavy (non-hydrogen) atoms. The third-order valence-electron chi connectivity index (χ3n) is 3.86. The SMILES string of the molecule is Cc1nsnc1COc1cccc(C(=O)N(C)Cc2cccc(F)c2)c1. The largest absolute Gasteiger partial charge is 0.487 e. The molecule has 0 spiro atoms. The second kappa shape index (κ2) is 8.05. The Bertz CT molecular complexity index is 913. The molecule has 3 aromatic rings. The van der Waals surface area contributed by atoms with E-state index in [4.69, 9.17) is 4.74 Å². The minimum absolute atomic E-state index is 0.161. The van der Waals surface area contributed by atoms with Crippen molar-refractivity contribution in [2.24, 2.45) is 0 Å². The number of halogens is 1. The molecule has 134 valence electrons. The molecule has 0 radical (unpaired) electrons. The number of nitrogens with zero attached hydrogens (tertiary/aromatic N) is 3. The average molecular weight is 371 g/mol. The van der Waals surface area contributed by atoms with Crippen molar-refractivity contribution in [3.8, 4) is 5.75 Å². The zero-order chi connectivity index (χ0) is 18.5. The zero-order valence-corrected chi connectivity index (χ0v) is 15.3. The Kier molecular flexibility index (Phi) is 5.58. The summed E-state index contributed by atoms with van der Waals surface area (Å²) in [5.74, 6) is 0.110. The number of carbonyl (C=O) groups excluding carboxylic acids is 1. The van der Waals surface area contributed by atoms with E-state index in [-0.39, 0.29) is 11.7 Å². The van der Waals surface area contributed by atoms with Crippen molar-refractivity contribution in [1.29, 1.82) is 0 Å². The van der Waals surface area contributed by atoms with Crippen molar-refractivity contribution in [3.05, 3.63) is 76.9 Å². The molecule has 5 nitrogen and oxygen atoms in total. The first-order valence-corrected chi connectivity index (χ1v) is 8.77. The number of carbonyl (C=O) groups is 1. The summed E-state index contributed by atoms with van der Waals surface area (Å²) in [5, 5.41) is 0. The molecule has 0 bridgehead atoms. The molecular formula is C19H18FN3O2S. The third kappa shape index (κ3) is 4.43. The first-order chi connectivity index (χ1) is 12.5. The van der Waals surface area contributed by atoms with E-state index < -0.39 is 0 Å². The van der Waals surface area contributed by atoms with Gasteiger partial charge in [-0.2, -0.15) is 8.75 Å². The molecule has 0 unspecified atom stereocenters. The van der Waals surface area contributed by atoms with Gasteiger partial charge in [-0.25, -0.2) is 4.39 Å².